The van der Waals surface area contributed by atoms with Crippen molar-refractivity contribution in [3.05, 3.63) is 62.9 Å². The van der Waals surface area contributed by atoms with E-state index in [1.807, 2.05) is 6.07 Å². The van der Waals surface area contributed by atoms with Crippen LogP contribution in [0.3, 0.4) is 0 Å². The van der Waals surface area contributed by atoms with Gasteiger partial charge in [-0.15, -0.1) is 0 Å². The van der Waals surface area contributed by atoms with Crippen LogP contribution in [0, 0.1) is 10.1 Å². The van der Waals surface area contributed by atoms with Crippen molar-refractivity contribution in [3.63, 3.8) is 0 Å². The summed E-state index contributed by atoms with van der Waals surface area (Å²) in [6.07, 6.45) is 1.65. The zero-order valence-corrected chi connectivity index (χ0v) is 14.6. The fourth-order valence-corrected chi connectivity index (χ4v) is 3.11. The summed E-state index contributed by atoms with van der Waals surface area (Å²) in [6.45, 7) is 0.428. The van der Waals surface area contributed by atoms with E-state index in [1.165, 1.54) is 12.1 Å². The molecule has 1 aliphatic rings. The van der Waals surface area contributed by atoms with Gasteiger partial charge in [-0.3, -0.25) is 20.3 Å². The quantitative estimate of drug-likeness (QED) is 0.472. The van der Waals surface area contributed by atoms with Gasteiger partial charge in [0, 0.05) is 40.5 Å². The van der Waals surface area contributed by atoms with Crippen LogP contribution in [0.1, 0.15) is 22.5 Å². The van der Waals surface area contributed by atoms with Crippen LogP contribution in [0.5, 0.6) is 0 Å². The number of aromatic amines is 1. The average Bonchev–Trinajstić information content (AvgIpc) is 2.95. The predicted molar refractivity (Wildman–Crippen MR) is 101 cm³/mol. The van der Waals surface area contributed by atoms with Gasteiger partial charge in [-0.25, -0.2) is 4.98 Å². The Morgan fingerprint density at radius 3 is 2.89 bits per heavy atom. The molecule has 9 nitrogen and oxygen atoms in total. The second kappa shape index (κ2) is 6.69. The zero-order chi connectivity index (χ0) is 19.0. The molecule has 3 N–H and O–H groups in total. The number of H-pyrrole nitrogens is 1. The number of fused-ring (bicyclic) bond motifs is 3. The molecule has 0 saturated heterocycles. The standard InChI is InChI=1S/C17H13ClN6O3/c18-9-1-3-12-11(7-9)15-13(5-6-19-17(25)16(15)21-12)22-23-14-4-2-10(8-20-14)24(26)27/h1-4,7-8,21H,5-6H2,(H,19,25)(H,20,23)/b22-13+. The third kappa shape index (κ3) is 3.20. The van der Waals surface area contributed by atoms with E-state index in [-0.39, 0.29) is 11.6 Å². The van der Waals surface area contributed by atoms with Gasteiger partial charge in [0.25, 0.3) is 11.6 Å². The number of nitrogens with zero attached hydrogens (tertiary/aromatic N) is 3. The highest BCUT2D eigenvalue weighted by atomic mass is 35.5. The smallest absolute Gasteiger partial charge is 0.287 e. The molecule has 0 radical (unpaired) electrons. The molecule has 2 aromatic heterocycles. The second-order valence-electron chi connectivity index (χ2n) is 5.90. The molecule has 3 aromatic rings. The first-order chi connectivity index (χ1) is 13.0. The van der Waals surface area contributed by atoms with Crippen molar-refractivity contribution in [3.8, 4) is 0 Å². The molecule has 10 heteroatoms. The van der Waals surface area contributed by atoms with Crippen molar-refractivity contribution in [2.24, 2.45) is 5.10 Å². The van der Waals surface area contributed by atoms with E-state index in [4.69, 9.17) is 11.6 Å². The lowest BCUT2D eigenvalue weighted by molar-refractivity contribution is -0.385. The van der Waals surface area contributed by atoms with E-state index in [1.54, 1.807) is 12.1 Å². The Kier molecular flexibility index (Phi) is 4.21. The lowest BCUT2D eigenvalue weighted by atomic mass is 10.0. The lowest BCUT2D eigenvalue weighted by Gasteiger charge is -2.05. The molecular formula is C17H13ClN6O3. The Labute approximate surface area is 157 Å². The summed E-state index contributed by atoms with van der Waals surface area (Å²) in [5.41, 5.74) is 5.22. The highest BCUT2D eigenvalue weighted by molar-refractivity contribution is 6.32. The molecule has 0 spiro atoms. The number of pyridine rings is 1. The van der Waals surface area contributed by atoms with Crippen molar-refractivity contribution in [1.82, 2.24) is 15.3 Å². The lowest BCUT2D eigenvalue weighted by Crippen LogP contribution is -2.23. The normalized spacial score (nSPS) is 15.3. The van der Waals surface area contributed by atoms with Crippen molar-refractivity contribution >= 4 is 45.6 Å². The molecule has 0 bridgehead atoms. The number of nitrogens with one attached hydrogen (secondary N) is 3. The monoisotopic (exact) mass is 384 g/mol. The van der Waals surface area contributed by atoms with E-state index in [0.717, 1.165) is 17.1 Å². The minimum absolute atomic E-state index is 0.106. The van der Waals surface area contributed by atoms with Gasteiger partial charge in [0.15, 0.2) is 0 Å². The van der Waals surface area contributed by atoms with Crippen LogP contribution in [-0.4, -0.2) is 33.1 Å². The van der Waals surface area contributed by atoms with Gasteiger partial charge in [-0.2, -0.15) is 5.10 Å². The van der Waals surface area contributed by atoms with Gasteiger partial charge >= 0.3 is 0 Å². The van der Waals surface area contributed by atoms with Crippen molar-refractivity contribution in [1.29, 1.82) is 0 Å². The maximum absolute atomic E-state index is 12.4. The fourth-order valence-electron chi connectivity index (χ4n) is 2.94. The molecule has 0 aliphatic carbocycles. The Bertz CT molecular complexity index is 1090. The van der Waals surface area contributed by atoms with Gasteiger partial charge < -0.3 is 10.3 Å². The molecule has 0 saturated carbocycles. The Hall–Kier alpha value is -3.46. The van der Waals surface area contributed by atoms with Crippen LogP contribution in [0.2, 0.25) is 5.02 Å². The fraction of sp³-hybridized carbons (Fsp3) is 0.118. The molecule has 1 aliphatic heterocycles. The van der Waals surface area contributed by atoms with E-state index in [9.17, 15) is 14.9 Å². The molecular weight excluding hydrogens is 372 g/mol. The Morgan fingerprint density at radius 1 is 1.30 bits per heavy atom. The topological polar surface area (TPSA) is 125 Å². The predicted octanol–water partition coefficient (Wildman–Crippen LogP) is 3.07. The average molecular weight is 385 g/mol. The highest BCUT2D eigenvalue weighted by Gasteiger charge is 2.25. The third-order valence-corrected chi connectivity index (χ3v) is 4.42. The maximum Gasteiger partial charge on any atom is 0.287 e. The first-order valence-electron chi connectivity index (χ1n) is 8.06. The molecule has 0 atom stereocenters. The van der Waals surface area contributed by atoms with Crippen LogP contribution in [0.25, 0.3) is 10.9 Å². The first-order valence-corrected chi connectivity index (χ1v) is 8.43. The van der Waals surface area contributed by atoms with Crippen LogP contribution in [0.15, 0.2) is 41.6 Å². The number of anilines is 1. The molecule has 1 aromatic carbocycles. The number of amides is 1. The number of halogens is 1. The largest absolute Gasteiger partial charge is 0.350 e. The van der Waals surface area contributed by atoms with E-state index in [0.29, 0.717) is 40.8 Å². The van der Waals surface area contributed by atoms with Gasteiger partial charge in [0.1, 0.15) is 17.7 Å². The number of aromatic nitrogens is 2. The number of carbonyl (C=O) groups excluding carboxylic acids is 1. The number of nitro groups is 1. The molecule has 0 fully saturated rings. The van der Waals surface area contributed by atoms with E-state index < -0.39 is 4.92 Å². The summed E-state index contributed by atoms with van der Waals surface area (Å²) in [7, 11) is 0. The SMILES string of the molecule is O=C1NCC/C(=N\Nc2ccc([N+](=O)[O-])cn2)c2c1[nH]c1ccc(Cl)cc21. The number of benzene rings is 1. The van der Waals surface area contributed by atoms with Crippen molar-refractivity contribution in [2.75, 3.05) is 12.0 Å². The molecule has 136 valence electrons. The van der Waals surface area contributed by atoms with Crippen molar-refractivity contribution < 1.29 is 9.72 Å². The minimum atomic E-state index is -0.521. The molecule has 3 heterocycles. The summed E-state index contributed by atoms with van der Waals surface area (Å²) in [4.78, 5) is 29.6. The summed E-state index contributed by atoms with van der Waals surface area (Å²) in [5, 5.41) is 19.3. The number of carbonyl (C=O) groups is 1. The molecule has 0 unspecified atom stereocenters. The summed E-state index contributed by atoms with van der Waals surface area (Å²) in [6, 6.07) is 8.14. The highest BCUT2D eigenvalue weighted by Crippen LogP contribution is 2.28. The minimum Gasteiger partial charge on any atom is -0.350 e. The number of hydrogen-bond donors (Lipinski definition) is 3. The first kappa shape index (κ1) is 17.0. The molecule has 4 rings (SSSR count). The van der Waals surface area contributed by atoms with Crippen LogP contribution >= 0.6 is 11.6 Å². The van der Waals surface area contributed by atoms with Gasteiger partial charge in [-0.1, -0.05) is 11.6 Å². The number of rotatable bonds is 3. The Balaban J connectivity index is 1.74. The molecule has 1 amide bonds. The summed E-state index contributed by atoms with van der Waals surface area (Å²) >= 11 is 6.12. The summed E-state index contributed by atoms with van der Waals surface area (Å²) in [5.74, 6) is 0.145. The van der Waals surface area contributed by atoms with E-state index >= 15 is 0 Å². The second-order valence-corrected chi connectivity index (χ2v) is 6.34. The van der Waals surface area contributed by atoms with Crippen LogP contribution in [-0.2, 0) is 0 Å². The van der Waals surface area contributed by atoms with Crippen molar-refractivity contribution in [2.45, 2.75) is 6.42 Å². The molecule has 27 heavy (non-hydrogen) atoms. The number of hydrazone groups is 1. The maximum atomic E-state index is 12.4. The third-order valence-electron chi connectivity index (χ3n) is 4.19. The number of hydrogen-bond acceptors (Lipinski definition) is 6. The van der Waals surface area contributed by atoms with Gasteiger partial charge in [0.05, 0.1) is 10.6 Å². The zero-order valence-electron chi connectivity index (χ0n) is 13.8. The van der Waals surface area contributed by atoms with E-state index in [2.05, 4.69) is 25.8 Å². The van der Waals surface area contributed by atoms with Gasteiger partial charge in [0.2, 0.25) is 0 Å². The van der Waals surface area contributed by atoms with Crippen LogP contribution in [0.4, 0.5) is 11.5 Å². The van der Waals surface area contributed by atoms with Gasteiger partial charge in [-0.05, 0) is 24.3 Å². The summed E-state index contributed by atoms with van der Waals surface area (Å²) < 4.78 is 0. The van der Waals surface area contributed by atoms with Crippen LogP contribution < -0.4 is 10.7 Å². The Morgan fingerprint density at radius 2 is 2.15 bits per heavy atom.